The Balaban J connectivity index is 0.00000169. The zero-order valence-electron chi connectivity index (χ0n) is 7.10. The Morgan fingerprint density at radius 2 is 2.14 bits per heavy atom. The Hall–Kier alpha value is -0.0300. The van der Waals surface area contributed by atoms with E-state index in [1.807, 2.05) is 0 Å². The summed E-state index contributed by atoms with van der Waals surface area (Å²) in [4.78, 5) is 0. The maximum Gasteiger partial charge on any atom is 0.173 e. The normalized spacial score (nSPS) is 9.43. The molecule has 0 amide bonds. The van der Waals surface area contributed by atoms with Gasteiger partial charge >= 0.3 is 0 Å². The van der Waals surface area contributed by atoms with Gasteiger partial charge in [-0.2, -0.15) is 0 Å². The molecule has 1 aromatic rings. The third kappa shape index (κ3) is 3.61. The predicted molar refractivity (Wildman–Crippen MR) is 60.9 cm³/mol. The summed E-state index contributed by atoms with van der Waals surface area (Å²) in [7, 11) is 0. The molecule has 2 N–H and O–H groups in total. The van der Waals surface area contributed by atoms with Gasteiger partial charge in [0, 0.05) is 11.0 Å². The fraction of sp³-hybridized carbons (Fsp3) is 0.250. The van der Waals surface area contributed by atoms with Crippen molar-refractivity contribution in [3.05, 3.63) is 27.4 Å². The average molecular weight is 305 g/mol. The highest BCUT2D eigenvalue weighted by molar-refractivity contribution is 9.10. The first kappa shape index (κ1) is 14.0. The number of nitrogens with two attached hydrogens (primary N) is 1. The first-order valence-electron chi connectivity index (χ1n) is 3.62. The molecule has 0 bridgehead atoms. The van der Waals surface area contributed by atoms with Crippen LogP contribution in [-0.4, -0.2) is 13.2 Å². The Bertz CT molecular complexity index is 288. The van der Waals surface area contributed by atoms with Crippen LogP contribution < -0.4 is 10.5 Å². The van der Waals surface area contributed by atoms with Crippen LogP contribution in [0.15, 0.2) is 16.6 Å². The summed E-state index contributed by atoms with van der Waals surface area (Å²) in [5.41, 5.74) is 5.21. The summed E-state index contributed by atoms with van der Waals surface area (Å²) < 4.78 is 18.8. The largest absolute Gasteiger partial charge is 0.488 e. The molecule has 0 saturated carbocycles. The molecule has 0 heterocycles. The van der Waals surface area contributed by atoms with Crippen molar-refractivity contribution in [2.24, 2.45) is 5.73 Å². The zero-order chi connectivity index (χ0) is 9.84. The lowest BCUT2D eigenvalue weighted by molar-refractivity contribution is 0.311. The van der Waals surface area contributed by atoms with E-state index >= 15 is 0 Å². The summed E-state index contributed by atoms with van der Waals surface area (Å²) >= 11 is 8.85. The monoisotopic (exact) mass is 303 g/mol. The minimum absolute atomic E-state index is 0. The van der Waals surface area contributed by atoms with Gasteiger partial charge in [0.25, 0.3) is 0 Å². The summed E-state index contributed by atoms with van der Waals surface area (Å²) in [6.45, 7) is 0.574. The van der Waals surface area contributed by atoms with Crippen molar-refractivity contribution in [3.8, 4) is 5.75 Å². The molecule has 0 atom stereocenters. The van der Waals surface area contributed by atoms with Gasteiger partial charge in [-0.05, 0) is 12.1 Å². The smallest absolute Gasteiger partial charge is 0.173 e. The standard InChI is InChI=1S/C8H8BrClFNO.ClH/c9-5-3-6(10)8(7(11)4-5)13-2-1-12;/h3-4H,1-2,12H2;1H. The number of benzene rings is 1. The van der Waals surface area contributed by atoms with E-state index in [9.17, 15) is 4.39 Å². The lowest BCUT2D eigenvalue weighted by Gasteiger charge is -2.07. The van der Waals surface area contributed by atoms with Crippen molar-refractivity contribution in [3.63, 3.8) is 0 Å². The van der Waals surface area contributed by atoms with Gasteiger partial charge in [-0.3, -0.25) is 0 Å². The number of hydrogen-bond acceptors (Lipinski definition) is 2. The van der Waals surface area contributed by atoms with Gasteiger partial charge < -0.3 is 10.5 Å². The van der Waals surface area contributed by atoms with Crippen LogP contribution in [0.1, 0.15) is 0 Å². The van der Waals surface area contributed by atoms with Crippen molar-refractivity contribution in [1.82, 2.24) is 0 Å². The fourth-order valence-corrected chi connectivity index (χ4v) is 1.65. The number of halogens is 4. The van der Waals surface area contributed by atoms with E-state index in [1.165, 1.54) is 6.07 Å². The minimum atomic E-state index is -0.493. The topological polar surface area (TPSA) is 35.2 Å². The van der Waals surface area contributed by atoms with Crippen molar-refractivity contribution in [2.45, 2.75) is 0 Å². The Labute approximate surface area is 101 Å². The van der Waals surface area contributed by atoms with Gasteiger partial charge in [0.2, 0.25) is 0 Å². The first-order chi connectivity index (χ1) is 6.15. The van der Waals surface area contributed by atoms with E-state index in [0.717, 1.165) is 0 Å². The molecule has 0 spiro atoms. The maximum atomic E-state index is 13.2. The highest BCUT2D eigenvalue weighted by Crippen LogP contribution is 2.31. The van der Waals surface area contributed by atoms with Gasteiger partial charge in [0.15, 0.2) is 11.6 Å². The molecule has 14 heavy (non-hydrogen) atoms. The molecule has 0 aliphatic rings. The van der Waals surface area contributed by atoms with Crippen LogP contribution in [0.5, 0.6) is 5.75 Å². The van der Waals surface area contributed by atoms with Crippen LogP contribution in [0.2, 0.25) is 5.02 Å². The third-order valence-electron chi connectivity index (χ3n) is 1.33. The molecular formula is C8H9BrCl2FNO. The van der Waals surface area contributed by atoms with E-state index in [2.05, 4.69) is 15.9 Å². The molecule has 0 saturated heterocycles. The average Bonchev–Trinajstić information content (AvgIpc) is 2.02. The van der Waals surface area contributed by atoms with E-state index in [4.69, 9.17) is 22.1 Å². The van der Waals surface area contributed by atoms with Gasteiger partial charge in [-0.1, -0.05) is 27.5 Å². The van der Waals surface area contributed by atoms with E-state index in [0.29, 0.717) is 11.0 Å². The SMILES string of the molecule is Cl.NCCOc1c(F)cc(Br)cc1Cl. The minimum Gasteiger partial charge on any atom is -0.488 e. The van der Waals surface area contributed by atoms with Gasteiger partial charge in [0.1, 0.15) is 6.61 Å². The molecule has 0 fully saturated rings. The quantitative estimate of drug-likeness (QED) is 0.932. The predicted octanol–water partition coefficient (Wildman–Crippen LogP) is 3.00. The van der Waals surface area contributed by atoms with Gasteiger partial charge in [0.05, 0.1) is 5.02 Å². The molecule has 1 aromatic carbocycles. The molecule has 2 nitrogen and oxygen atoms in total. The van der Waals surface area contributed by atoms with Crippen molar-refractivity contribution < 1.29 is 9.13 Å². The van der Waals surface area contributed by atoms with Crippen molar-refractivity contribution in [2.75, 3.05) is 13.2 Å². The van der Waals surface area contributed by atoms with Crippen molar-refractivity contribution >= 4 is 39.9 Å². The fourth-order valence-electron chi connectivity index (χ4n) is 0.828. The summed E-state index contributed by atoms with van der Waals surface area (Å²) in [6, 6.07) is 2.86. The lowest BCUT2D eigenvalue weighted by atomic mass is 10.3. The molecule has 0 aromatic heterocycles. The van der Waals surface area contributed by atoms with Crippen LogP contribution in [0.3, 0.4) is 0 Å². The maximum absolute atomic E-state index is 13.2. The molecule has 0 unspecified atom stereocenters. The van der Waals surface area contributed by atoms with E-state index in [1.54, 1.807) is 6.07 Å². The Kier molecular flexibility index (Phi) is 6.44. The zero-order valence-corrected chi connectivity index (χ0v) is 10.3. The molecule has 0 aliphatic carbocycles. The summed E-state index contributed by atoms with van der Waals surface area (Å²) in [6.07, 6.45) is 0. The number of ether oxygens (including phenoxy) is 1. The molecule has 6 heteroatoms. The van der Waals surface area contributed by atoms with Crippen molar-refractivity contribution in [1.29, 1.82) is 0 Å². The van der Waals surface area contributed by atoms with Gasteiger partial charge in [-0.25, -0.2) is 4.39 Å². The Morgan fingerprint density at radius 3 is 2.64 bits per heavy atom. The molecular weight excluding hydrogens is 296 g/mol. The van der Waals surface area contributed by atoms with Crippen LogP contribution in [0.4, 0.5) is 4.39 Å². The molecule has 80 valence electrons. The van der Waals surface area contributed by atoms with E-state index in [-0.39, 0.29) is 29.8 Å². The van der Waals surface area contributed by atoms with Crippen LogP contribution in [0, 0.1) is 5.82 Å². The van der Waals surface area contributed by atoms with Crippen LogP contribution in [0.25, 0.3) is 0 Å². The summed E-state index contributed by atoms with van der Waals surface area (Å²) in [5, 5.41) is 0.236. The summed E-state index contributed by atoms with van der Waals surface area (Å²) in [5.74, 6) is -0.442. The van der Waals surface area contributed by atoms with Gasteiger partial charge in [-0.15, -0.1) is 12.4 Å². The van der Waals surface area contributed by atoms with Crippen LogP contribution >= 0.6 is 39.9 Å². The second-order valence-electron chi connectivity index (χ2n) is 2.34. The third-order valence-corrected chi connectivity index (χ3v) is 2.07. The lowest BCUT2D eigenvalue weighted by Crippen LogP contribution is -2.11. The first-order valence-corrected chi connectivity index (χ1v) is 4.79. The highest BCUT2D eigenvalue weighted by atomic mass is 79.9. The molecule has 1 rings (SSSR count). The molecule has 0 aliphatic heterocycles. The molecule has 0 radical (unpaired) electrons. The number of rotatable bonds is 3. The highest BCUT2D eigenvalue weighted by Gasteiger charge is 2.09. The second kappa shape index (κ2) is 6.45. The van der Waals surface area contributed by atoms with Crippen LogP contribution in [-0.2, 0) is 0 Å². The second-order valence-corrected chi connectivity index (χ2v) is 3.66. The van der Waals surface area contributed by atoms with E-state index < -0.39 is 5.82 Å². The number of hydrogen-bond donors (Lipinski definition) is 1. The Morgan fingerprint density at radius 1 is 1.50 bits per heavy atom.